The minimum Gasteiger partial charge on any atom is -0.474 e. The van der Waals surface area contributed by atoms with Crippen LogP contribution in [0.1, 0.15) is 36.7 Å². The van der Waals surface area contributed by atoms with Gasteiger partial charge in [0.1, 0.15) is 5.02 Å². The lowest BCUT2D eigenvalue weighted by Gasteiger charge is -2.15. The largest absolute Gasteiger partial charge is 0.474 e. The lowest BCUT2D eigenvalue weighted by atomic mass is 10.1. The van der Waals surface area contributed by atoms with E-state index >= 15 is 0 Å². The van der Waals surface area contributed by atoms with E-state index in [0.29, 0.717) is 0 Å². The number of nitrogens with one attached hydrogen (secondary N) is 2. The molecule has 0 aliphatic carbocycles. The van der Waals surface area contributed by atoms with Gasteiger partial charge in [0.15, 0.2) is 0 Å². The summed E-state index contributed by atoms with van der Waals surface area (Å²) in [6.45, 7) is 4.74. The Hall–Kier alpha value is -2.81. The van der Waals surface area contributed by atoms with Crippen molar-refractivity contribution in [1.82, 2.24) is 4.98 Å². The van der Waals surface area contributed by atoms with Crippen LogP contribution in [0, 0.1) is 0 Å². The Bertz CT molecular complexity index is 901. The highest BCUT2D eigenvalue weighted by Crippen LogP contribution is 2.34. The van der Waals surface area contributed by atoms with Crippen LogP contribution in [0.4, 0.5) is 24.5 Å². The van der Waals surface area contributed by atoms with Gasteiger partial charge in [0.05, 0.1) is 28.6 Å². The Kier molecular flexibility index (Phi) is 6.50. The maximum absolute atomic E-state index is 13.0. The molecule has 1 heterocycles. The molecular formula is C18H17ClF3N3O3. The first-order chi connectivity index (χ1) is 13.0. The lowest BCUT2D eigenvalue weighted by molar-refractivity contribution is -0.137. The van der Waals surface area contributed by atoms with E-state index in [1.54, 1.807) is 13.8 Å². The number of hydrogen-bond donors (Lipinski definition) is 2. The number of benzene rings is 1. The number of hydrogen-bond acceptors (Lipinski definition) is 4. The topological polar surface area (TPSA) is 80.3 Å². The third kappa shape index (κ3) is 5.59. The molecule has 1 aromatic carbocycles. The summed E-state index contributed by atoms with van der Waals surface area (Å²) >= 11 is 6.03. The van der Waals surface area contributed by atoms with E-state index in [1.165, 1.54) is 19.2 Å². The molecule has 0 saturated carbocycles. The summed E-state index contributed by atoms with van der Waals surface area (Å²) in [5, 5.41) is 4.78. The number of carbonyl (C=O) groups excluding carboxylic acids is 2. The molecule has 0 atom stereocenters. The van der Waals surface area contributed by atoms with E-state index in [1.807, 2.05) is 0 Å². The van der Waals surface area contributed by atoms with Gasteiger partial charge in [-0.3, -0.25) is 9.59 Å². The first-order valence-electron chi connectivity index (χ1n) is 8.09. The molecule has 2 amide bonds. The average molecular weight is 416 g/mol. The van der Waals surface area contributed by atoms with Gasteiger partial charge in [-0.05, 0) is 38.1 Å². The van der Waals surface area contributed by atoms with Crippen LogP contribution in [0.25, 0.3) is 0 Å². The van der Waals surface area contributed by atoms with Crippen molar-refractivity contribution in [3.05, 3.63) is 46.6 Å². The van der Waals surface area contributed by atoms with E-state index < -0.39 is 23.6 Å². The molecule has 0 radical (unpaired) electrons. The number of nitrogens with zero attached hydrogens (tertiary/aromatic N) is 1. The van der Waals surface area contributed by atoms with Crippen LogP contribution in [0.2, 0.25) is 5.02 Å². The van der Waals surface area contributed by atoms with E-state index in [0.717, 1.165) is 18.2 Å². The number of amides is 2. The monoisotopic (exact) mass is 415 g/mol. The number of ether oxygens (including phenoxy) is 1. The Balaban J connectivity index is 2.33. The number of alkyl halides is 3. The van der Waals surface area contributed by atoms with Crippen LogP contribution in [0.5, 0.6) is 5.88 Å². The molecule has 0 fully saturated rings. The molecule has 0 aliphatic rings. The van der Waals surface area contributed by atoms with Crippen molar-refractivity contribution < 1.29 is 27.5 Å². The fourth-order valence-corrected chi connectivity index (χ4v) is 2.39. The quantitative estimate of drug-likeness (QED) is 0.738. The van der Waals surface area contributed by atoms with E-state index in [2.05, 4.69) is 15.6 Å². The molecule has 0 spiro atoms. The van der Waals surface area contributed by atoms with Crippen molar-refractivity contribution in [2.24, 2.45) is 0 Å². The predicted molar refractivity (Wildman–Crippen MR) is 98.7 cm³/mol. The average Bonchev–Trinajstić information content (AvgIpc) is 2.56. The summed E-state index contributed by atoms with van der Waals surface area (Å²) < 4.78 is 44.3. The molecule has 2 rings (SSSR count). The summed E-state index contributed by atoms with van der Waals surface area (Å²) in [6.07, 6.45) is -3.62. The molecule has 150 valence electrons. The Morgan fingerprint density at radius 1 is 1.14 bits per heavy atom. The second kappa shape index (κ2) is 8.47. The summed E-state index contributed by atoms with van der Waals surface area (Å²) in [5.41, 5.74) is -1.16. The van der Waals surface area contributed by atoms with Crippen molar-refractivity contribution in [3.8, 4) is 5.88 Å². The van der Waals surface area contributed by atoms with Crippen molar-refractivity contribution in [1.29, 1.82) is 0 Å². The van der Waals surface area contributed by atoms with Gasteiger partial charge >= 0.3 is 6.18 Å². The van der Waals surface area contributed by atoms with Gasteiger partial charge < -0.3 is 15.4 Å². The Labute approximate surface area is 164 Å². The molecule has 2 N–H and O–H groups in total. The number of carbonyl (C=O) groups is 2. The first kappa shape index (κ1) is 21.5. The third-order valence-electron chi connectivity index (χ3n) is 3.32. The molecule has 28 heavy (non-hydrogen) atoms. The maximum Gasteiger partial charge on any atom is 0.416 e. The van der Waals surface area contributed by atoms with Gasteiger partial charge in [0.25, 0.3) is 5.91 Å². The molecule has 10 heteroatoms. The van der Waals surface area contributed by atoms with E-state index in [-0.39, 0.29) is 33.9 Å². The highest BCUT2D eigenvalue weighted by molar-refractivity contribution is 6.32. The maximum atomic E-state index is 13.0. The van der Waals surface area contributed by atoms with Crippen molar-refractivity contribution >= 4 is 34.8 Å². The van der Waals surface area contributed by atoms with Crippen LogP contribution < -0.4 is 15.4 Å². The number of rotatable bonds is 5. The normalized spacial score (nSPS) is 11.3. The molecule has 1 aromatic heterocycles. The second-order valence-electron chi connectivity index (χ2n) is 6.07. The van der Waals surface area contributed by atoms with Gasteiger partial charge in [0, 0.05) is 13.1 Å². The zero-order valence-electron chi connectivity index (χ0n) is 15.1. The molecule has 2 aromatic rings. The first-order valence-corrected chi connectivity index (χ1v) is 8.47. The van der Waals surface area contributed by atoms with Crippen LogP contribution in [-0.4, -0.2) is 22.9 Å². The highest BCUT2D eigenvalue weighted by Gasteiger charge is 2.31. The summed E-state index contributed by atoms with van der Waals surface area (Å²) in [6, 6.07) is 3.88. The van der Waals surface area contributed by atoms with Crippen molar-refractivity contribution in [2.75, 3.05) is 10.6 Å². The molecule has 0 bridgehead atoms. The predicted octanol–water partition coefficient (Wildman–Crippen LogP) is 4.75. The SMILES string of the molecule is CC(=O)Nc1ccc(C(F)(F)F)cc1NC(=O)c1cnc(OC(C)C)c(Cl)c1. The summed E-state index contributed by atoms with van der Waals surface area (Å²) in [7, 11) is 0. The number of halogens is 4. The van der Waals surface area contributed by atoms with E-state index in [9.17, 15) is 22.8 Å². The van der Waals surface area contributed by atoms with Gasteiger partial charge in [0.2, 0.25) is 11.8 Å². The Morgan fingerprint density at radius 2 is 1.82 bits per heavy atom. The fraction of sp³-hybridized carbons (Fsp3) is 0.278. The fourth-order valence-electron chi connectivity index (χ4n) is 2.18. The minimum absolute atomic E-state index is 0.00675. The number of aromatic nitrogens is 1. The van der Waals surface area contributed by atoms with Crippen molar-refractivity contribution in [3.63, 3.8) is 0 Å². The van der Waals surface area contributed by atoms with Gasteiger partial charge in [-0.25, -0.2) is 4.98 Å². The number of anilines is 2. The smallest absolute Gasteiger partial charge is 0.416 e. The highest BCUT2D eigenvalue weighted by atomic mass is 35.5. The second-order valence-corrected chi connectivity index (χ2v) is 6.48. The van der Waals surface area contributed by atoms with Crippen molar-refractivity contribution in [2.45, 2.75) is 33.1 Å². The summed E-state index contributed by atoms with van der Waals surface area (Å²) in [4.78, 5) is 27.7. The van der Waals surface area contributed by atoms with Crippen LogP contribution in [-0.2, 0) is 11.0 Å². The van der Waals surface area contributed by atoms with Gasteiger partial charge in [-0.15, -0.1) is 0 Å². The molecule has 6 nitrogen and oxygen atoms in total. The molecule has 0 saturated heterocycles. The standard InChI is InChI=1S/C18H17ClF3N3O3/c1-9(2)28-17-13(19)6-11(8-23-17)16(27)25-15-7-12(18(20,21)22)4-5-14(15)24-10(3)26/h4-9H,1-3H3,(H,24,26)(H,25,27). The van der Waals surface area contributed by atoms with Crippen LogP contribution >= 0.6 is 11.6 Å². The van der Waals surface area contributed by atoms with Crippen LogP contribution in [0.15, 0.2) is 30.5 Å². The van der Waals surface area contributed by atoms with Crippen LogP contribution in [0.3, 0.4) is 0 Å². The Morgan fingerprint density at radius 3 is 2.36 bits per heavy atom. The van der Waals surface area contributed by atoms with E-state index in [4.69, 9.17) is 16.3 Å². The van der Waals surface area contributed by atoms with Gasteiger partial charge in [-0.1, -0.05) is 11.6 Å². The summed E-state index contributed by atoms with van der Waals surface area (Å²) in [5.74, 6) is -1.13. The molecule has 0 aliphatic heterocycles. The number of pyridine rings is 1. The lowest BCUT2D eigenvalue weighted by Crippen LogP contribution is -2.17. The minimum atomic E-state index is -4.62. The molecule has 0 unspecified atom stereocenters. The third-order valence-corrected chi connectivity index (χ3v) is 3.59. The zero-order valence-corrected chi connectivity index (χ0v) is 15.9. The van der Waals surface area contributed by atoms with Gasteiger partial charge in [-0.2, -0.15) is 13.2 Å². The zero-order chi connectivity index (χ0) is 21.1. The molecular weight excluding hydrogens is 399 g/mol.